The van der Waals surface area contributed by atoms with Gasteiger partial charge in [-0.2, -0.15) is 0 Å². The largest absolute Gasteiger partial charge is 0.476 e. The first-order valence-corrected chi connectivity index (χ1v) is 6.46. The van der Waals surface area contributed by atoms with Gasteiger partial charge in [0.25, 0.3) is 0 Å². The van der Waals surface area contributed by atoms with Crippen LogP contribution in [0.2, 0.25) is 0 Å². The van der Waals surface area contributed by atoms with Gasteiger partial charge in [0.1, 0.15) is 0 Å². The molecule has 0 fully saturated rings. The van der Waals surface area contributed by atoms with Crippen LogP contribution in [0, 0.1) is 0 Å². The molecule has 2 rings (SSSR count). The van der Waals surface area contributed by atoms with Crippen LogP contribution in [0.1, 0.15) is 21.8 Å². The molecule has 100 valence electrons. The Bertz CT molecular complexity index is 566. The van der Waals surface area contributed by atoms with E-state index in [1.807, 2.05) is 36.2 Å². The fourth-order valence-corrected chi connectivity index (χ4v) is 1.98. The van der Waals surface area contributed by atoms with Gasteiger partial charge in [0.15, 0.2) is 11.5 Å². The van der Waals surface area contributed by atoms with Gasteiger partial charge in [-0.25, -0.2) is 4.79 Å². The standard InChI is InChI=1S/C13H13BrN2O3/c1-16(7-9-2-4-10(14)5-3-9)8-11-6-12(13(17)18)15-19-11/h2-6H,7-8H2,1H3,(H,17,18). The van der Waals surface area contributed by atoms with E-state index < -0.39 is 5.97 Å². The molecule has 0 aliphatic rings. The van der Waals surface area contributed by atoms with Crippen LogP contribution < -0.4 is 0 Å². The minimum atomic E-state index is -1.08. The number of benzene rings is 1. The van der Waals surface area contributed by atoms with Gasteiger partial charge in [-0.15, -0.1) is 0 Å². The number of carboxylic acid groups (broad SMARTS) is 1. The minimum Gasteiger partial charge on any atom is -0.476 e. The van der Waals surface area contributed by atoms with Crippen molar-refractivity contribution in [3.63, 3.8) is 0 Å². The summed E-state index contributed by atoms with van der Waals surface area (Å²) in [6, 6.07) is 9.48. The Balaban J connectivity index is 1.94. The summed E-state index contributed by atoms with van der Waals surface area (Å²) >= 11 is 3.39. The summed E-state index contributed by atoms with van der Waals surface area (Å²) in [4.78, 5) is 12.7. The van der Waals surface area contributed by atoms with E-state index in [0.29, 0.717) is 12.3 Å². The second-order valence-electron chi connectivity index (χ2n) is 4.28. The molecular weight excluding hydrogens is 312 g/mol. The number of aromatic nitrogens is 1. The van der Waals surface area contributed by atoms with E-state index in [-0.39, 0.29) is 5.69 Å². The van der Waals surface area contributed by atoms with Crippen molar-refractivity contribution in [2.75, 3.05) is 7.05 Å². The summed E-state index contributed by atoms with van der Waals surface area (Å²) < 4.78 is 6.02. The number of carboxylic acids is 1. The Hall–Kier alpha value is -1.66. The van der Waals surface area contributed by atoms with E-state index in [1.54, 1.807) is 0 Å². The van der Waals surface area contributed by atoms with E-state index in [9.17, 15) is 4.79 Å². The number of nitrogens with zero attached hydrogens (tertiary/aromatic N) is 2. The molecule has 1 aromatic heterocycles. The Kier molecular flexibility index (Phi) is 4.34. The van der Waals surface area contributed by atoms with E-state index in [0.717, 1.165) is 11.0 Å². The van der Waals surface area contributed by atoms with E-state index in [4.69, 9.17) is 9.63 Å². The molecule has 0 aliphatic carbocycles. The zero-order valence-electron chi connectivity index (χ0n) is 10.3. The fraction of sp³-hybridized carbons (Fsp3) is 0.231. The number of rotatable bonds is 5. The average molecular weight is 325 g/mol. The highest BCUT2D eigenvalue weighted by atomic mass is 79.9. The van der Waals surface area contributed by atoms with E-state index in [2.05, 4.69) is 21.1 Å². The quantitative estimate of drug-likeness (QED) is 0.916. The van der Waals surface area contributed by atoms with Crippen molar-refractivity contribution in [1.29, 1.82) is 0 Å². The SMILES string of the molecule is CN(Cc1ccc(Br)cc1)Cc1cc(C(=O)O)no1. The normalized spacial score (nSPS) is 10.9. The fourth-order valence-electron chi connectivity index (χ4n) is 1.71. The third kappa shape index (κ3) is 3.90. The number of aromatic carboxylic acids is 1. The highest BCUT2D eigenvalue weighted by molar-refractivity contribution is 9.10. The molecule has 0 radical (unpaired) electrons. The van der Waals surface area contributed by atoms with Crippen molar-refractivity contribution >= 4 is 21.9 Å². The molecule has 19 heavy (non-hydrogen) atoms. The van der Waals surface area contributed by atoms with Crippen molar-refractivity contribution < 1.29 is 14.4 Å². The molecule has 0 spiro atoms. The second-order valence-corrected chi connectivity index (χ2v) is 5.20. The first-order chi connectivity index (χ1) is 9.04. The summed E-state index contributed by atoms with van der Waals surface area (Å²) in [6.07, 6.45) is 0. The third-order valence-electron chi connectivity index (χ3n) is 2.57. The van der Waals surface area contributed by atoms with Crippen LogP contribution in [-0.2, 0) is 13.1 Å². The molecular formula is C13H13BrN2O3. The van der Waals surface area contributed by atoms with Gasteiger partial charge in [0.2, 0.25) is 0 Å². The van der Waals surface area contributed by atoms with E-state index >= 15 is 0 Å². The molecule has 0 saturated heterocycles. The van der Waals surface area contributed by atoms with Gasteiger partial charge >= 0.3 is 5.97 Å². The molecule has 0 saturated carbocycles. The number of halogens is 1. The average Bonchev–Trinajstić information content (AvgIpc) is 2.80. The van der Waals surface area contributed by atoms with Gasteiger partial charge in [-0.05, 0) is 24.7 Å². The molecule has 1 aromatic carbocycles. The highest BCUT2D eigenvalue weighted by Gasteiger charge is 2.12. The number of carbonyl (C=O) groups is 1. The third-order valence-corrected chi connectivity index (χ3v) is 3.10. The summed E-state index contributed by atoms with van der Waals surface area (Å²) in [5.41, 5.74) is 1.11. The lowest BCUT2D eigenvalue weighted by Gasteiger charge is -2.14. The predicted octanol–water partition coefficient (Wildman–Crippen LogP) is 2.77. The molecule has 0 atom stereocenters. The Morgan fingerprint density at radius 3 is 2.63 bits per heavy atom. The second kappa shape index (κ2) is 5.99. The Labute approximate surface area is 118 Å². The maximum atomic E-state index is 10.7. The lowest BCUT2D eigenvalue weighted by atomic mass is 10.2. The van der Waals surface area contributed by atoms with Gasteiger partial charge in [0, 0.05) is 17.1 Å². The molecule has 1 heterocycles. The Morgan fingerprint density at radius 2 is 2.05 bits per heavy atom. The first kappa shape index (κ1) is 13.8. The van der Waals surface area contributed by atoms with Crippen molar-refractivity contribution in [2.24, 2.45) is 0 Å². The maximum Gasteiger partial charge on any atom is 0.358 e. The van der Waals surface area contributed by atoms with Crippen LogP contribution in [0.25, 0.3) is 0 Å². The summed E-state index contributed by atoms with van der Waals surface area (Å²) in [6.45, 7) is 1.26. The number of hydrogen-bond donors (Lipinski definition) is 1. The van der Waals surface area contributed by atoms with Crippen molar-refractivity contribution in [3.8, 4) is 0 Å². The lowest BCUT2D eigenvalue weighted by Crippen LogP contribution is -2.16. The molecule has 5 nitrogen and oxygen atoms in total. The zero-order valence-corrected chi connectivity index (χ0v) is 11.9. The molecule has 0 aliphatic heterocycles. The smallest absolute Gasteiger partial charge is 0.358 e. The van der Waals surface area contributed by atoms with Gasteiger partial charge < -0.3 is 9.63 Å². The highest BCUT2D eigenvalue weighted by Crippen LogP contribution is 2.13. The minimum absolute atomic E-state index is 0.0629. The van der Waals surface area contributed by atoms with Crippen LogP contribution in [-0.4, -0.2) is 28.2 Å². The maximum absolute atomic E-state index is 10.7. The van der Waals surface area contributed by atoms with Crippen molar-refractivity contribution in [2.45, 2.75) is 13.1 Å². The topological polar surface area (TPSA) is 66.6 Å². The van der Waals surface area contributed by atoms with Gasteiger partial charge in [0.05, 0.1) is 6.54 Å². The van der Waals surface area contributed by atoms with Crippen LogP contribution in [0.15, 0.2) is 39.3 Å². The first-order valence-electron chi connectivity index (χ1n) is 5.66. The summed E-state index contributed by atoms with van der Waals surface area (Å²) in [5, 5.41) is 12.2. The van der Waals surface area contributed by atoms with Crippen molar-refractivity contribution in [1.82, 2.24) is 10.1 Å². The Morgan fingerprint density at radius 1 is 1.37 bits per heavy atom. The molecule has 0 bridgehead atoms. The van der Waals surface area contributed by atoms with E-state index in [1.165, 1.54) is 11.6 Å². The van der Waals surface area contributed by atoms with Crippen LogP contribution in [0.5, 0.6) is 0 Å². The monoisotopic (exact) mass is 324 g/mol. The summed E-state index contributed by atoms with van der Waals surface area (Å²) in [7, 11) is 1.94. The lowest BCUT2D eigenvalue weighted by molar-refractivity contribution is 0.0685. The molecule has 6 heteroatoms. The molecule has 0 unspecified atom stereocenters. The molecule has 1 N–H and O–H groups in total. The van der Waals surface area contributed by atoms with Crippen LogP contribution in [0.3, 0.4) is 0 Å². The number of hydrogen-bond acceptors (Lipinski definition) is 4. The van der Waals surface area contributed by atoms with Crippen LogP contribution >= 0.6 is 15.9 Å². The van der Waals surface area contributed by atoms with Gasteiger partial charge in [-0.3, -0.25) is 4.90 Å². The predicted molar refractivity (Wildman–Crippen MR) is 72.8 cm³/mol. The van der Waals surface area contributed by atoms with Crippen LogP contribution in [0.4, 0.5) is 0 Å². The van der Waals surface area contributed by atoms with Gasteiger partial charge in [-0.1, -0.05) is 33.2 Å². The van der Waals surface area contributed by atoms with Crippen molar-refractivity contribution in [3.05, 3.63) is 51.8 Å². The zero-order chi connectivity index (χ0) is 13.8. The summed E-state index contributed by atoms with van der Waals surface area (Å²) in [5.74, 6) is -0.539. The molecule has 2 aromatic rings. The molecule has 0 amide bonds.